The fourth-order valence-electron chi connectivity index (χ4n) is 2.28. The lowest BCUT2D eigenvalue weighted by atomic mass is 10.1. The molecule has 0 saturated carbocycles. The van der Waals surface area contributed by atoms with Gasteiger partial charge in [-0.05, 0) is 18.9 Å². The standard InChI is InChI=1S/C11H16N4O4S/c12-7-9-3-1-2-6-14(9)20(18,19)11-5-4-10(8-13-11)15(16)17/h4-5,8-9H,1-3,6-7,12H2/t9-/m0/s1. The van der Waals surface area contributed by atoms with Gasteiger partial charge in [-0.1, -0.05) is 6.42 Å². The van der Waals surface area contributed by atoms with Gasteiger partial charge >= 0.3 is 0 Å². The van der Waals surface area contributed by atoms with E-state index in [2.05, 4.69) is 4.98 Å². The van der Waals surface area contributed by atoms with Crippen LogP contribution in [0.25, 0.3) is 0 Å². The van der Waals surface area contributed by atoms with Crippen LogP contribution in [0.1, 0.15) is 19.3 Å². The molecule has 0 unspecified atom stereocenters. The van der Waals surface area contributed by atoms with Gasteiger partial charge in [-0.3, -0.25) is 10.1 Å². The normalized spacial score (nSPS) is 20.8. The molecule has 110 valence electrons. The maximum Gasteiger partial charge on any atom is 0.287 e. The summed E-state index contributed by atoms with van der Waals surface area (Å²) in [4.78, 5) is 13.6. The van der Waals surface area contributed by atoms with E-state index in [1.165, 1.54) is 4.31 Å². The van der Waals surface area contributed by atoms with Crippen LogP contribution in [0.15, 0.2) is 23.4 Å². The van der Waals surface area contributed by atoms with Gasteiger partial charge in [0.05, 0.1) is 4.92 Å². The lowest BCUT2D eigenvalue weighted by Crippen LogP contribution is -2.47. The Hall–Kier alpha value is -1.58. The van der Waals surface area contributed by atoms with E-state index < -0.39 is 14.9 Å². The topological polar surface area (TPSA) is 119 Å². The number of nitrogens with two attached hydrogens (primary N) is 1. The van der Waals surface area contributed by atoms with Crippen LogP contribution < -0.4 is 5.73 Å². The quantitative estimate of drug-likeness (QED) is 0.638. The smallest absolute Gasteiger partial charge is 0.287 e. The van der Waals surface area contributed by atoms with Crippen LogP contribution in [0.4, 0.5) is 5.69 Å². The number of sulfonamides is 1. The Bertz CT molecular complexity index is 587. The summed E-state index contributed by atoms with van der Waals surface area (Å²) in [6.07, 6.45) is 3.40. The molecule has 2 rings (SSSR count). The monoisotopic (exact) mass is 300 g/mol. The second-order valence-electron chi connectivity index (χ2n) is 4.61. The molecule has 9 heteroatoms. The molecule has 2 N–H and O–H groups in total. The maximum absolute atomic E-state index is 12.5. The first kappa shape index (κ1) is 14.8. The molecule has 0 spiro atoms. The first-order chi connectivity index (χ1) is 9.46. The minimum absolute atomic E-state index is 0.177. The highest BCUT2D eigenvalue weighted by Gasteiger charge is 2.33. The van der Waals surface area contributed by atoms with E-state index in [0.717, 1.165) is 37.6 Å². The highest BCUT2D eigenvalue weighted by Crippen LogP contribution is 2.24. The molecule has 1 aliphatic rings. The molecule has 0 radical (unpaired) electrons. The van der Waals surface area contributed by atoms with Crippen molar-refractivity contribution < 1.29 is 13.3 Å². The highest BCUT2D eigenvalue weighted by atomic mass is 32.2. The van der Waals surface area contributed by atoms with Crippen molar-refractivity contribution in [1.29, 1.82) is 0 Å². The van der Waals surface area contributed by atoms with Crippen molar-refractivity contribution in [2.24, 2.45) is 5.73 Å². The summed E-state index contributed by atoms with van der Waals surface area (Å²) in [5.41, 5.74) is 5.38. The second kappa shape index (κ2) is 5.81. The van der Waals surface area contributed by atoms with Gasteiger partial charge in [-0.25, -0.2) is 13.4 Å². The van der Waals surface area contributed by atoms with E-state index >= 15 is 0 Å². The molecule has 8 nitrogen and oxygen atoms in total. The van der Waals surface area contributed by atoms with E-state index in [4.69, 9.17) is 5.73 Å². The molecular weight excluding hydrogens is 284 g/mol. The molecular formula is C11H16N4O4S. The van der Waals surface area contributed by atoms with Crippen molar-refractivity contribution in [2.75, 3.05) is 13.1 Å². The fourth-order valence-corrected chi connectivity index (χ4v) is 3.90. The number of aromatic nitrogens is 1. The zero-order valence-corrected chi connectivity index (χ0v) is 11.6. The summed E-state index contributed by atoms with van der Waals surface area (Å²) in [6.45, 7) is 0.662. The van der Waals surface area contributed by atoms with E-state index in [-0.39, 0.29) is 23.3 Å². The molecule has 1 atom stereocenters. The lowest BCUT2D eigenvalue weighted by molar-refractivity contribution is -0.385. The molecule has 0 aliphatic carbocycles. The van der Waals surface area contributed by atoms with Crippen LogP contribution >= 0.6 is 0 Å². The highest BCUT2D eigenvalue weighted by molar-refractivity contribution is 7.89. The Morgan fingerprint density at radius 2 is 2.20 bits per heavy atom. The van der Waals surface area contributed by atoms with E-state index in [0.29, 0.717) is 6.54 Å². The van der Waals surface area contributed by atoms with Crippen molar-refractivity contribution in [2.45, 2.75) is 30.3 Å². The summed E-state index contributed by atoms with van der Waals surface area (Å²) < 4.78 is 26.3. The van der Waals surface area contributed by atoms with Gasteiger partial charge in [0.2, 0.25) is 0 Å². The Balaban J connectivity index is 2.31. The van der Waals surface area contributed by atoms with Gasteiger partial charge in [0.25, 0.3) is 15.7 Å². The number of pyridine rings is 1. The molecule has 1 saturated heterocycles. The van der Waals surface area contributed by atoms with Crippen LogP contribution in [-0.4, -0.2) is 41.8 Å². The third kappa shape index (κ3) is 2.79. The molecule has 1 aromatic heterocycles. The zero-order chi connectivity index (χ0) is 14.8. The maximum atomic E-state index is 12.5. The second-order valence-corrected chi connectivity index (χ2v) is 6.45. The Morgan fingerprint density at radius 1 is 1.45 bits per heavy atom. The lowest BCUT2D eigenvalue weighted by Gasteiger charge is -2.33. The van der Waals surface area contributed by atoms with Gasteiger partial charge in [-0.2, -0.15) is 4.31 Å². The molecule has 1 aromatic rings. The summed E-state index contributed by atoms with van der Waals surface area (Å²) in [5, 5.41) is 10.4. The van der Waals surface area contributed by atoms with Crippen LogP contribution in [0.2, 0.25) is 0 Å². The van der Waals surface area contributed by atoms with Crippen molar-refractivity contribution in [1.82, 2.24) is 9.29 Å². The molecule has 2 heterocycles. The third-order valence-corrected chi connectivity index (χ3v) is 5.22. The number of nitro groups is 1. The van der Waals surface area contributed by atoms with Crippen LogP contribution in [0.5, 0.6) is 0 Å². The van der Waals surface area contributed by atoms with E-state index in [9.17, 15) is 18.5 Å². The van der Waals surface area contributed by atoms with Crippen LogP contribution in [-0.2, 0) is 10.0 Å². The molecule has 20 heavy (non-hydrogen) atoms. The number of hydrogen-bond donors (Lipinski definition) is 1. The summed E-state index contributed by atoms with van der Waals surface area (Å²) in [6, 6.07) is 2.07. The van der Waals surface area contributed by atoms with Crippen molar-refractivity contribution in [3.05, 3.63) is 28.4 Å². The average Bonchev–Trinajstić information content (AvgIpc) is 2.47. The Kier molecular flexibility index (Phi) is 4.31. The van der Waals surface area contributed by atoms with Gasteiger partial charge in [0.1, 0.15) is 6.20 Å². The minimum atomic E-state index is -3.75. The molecule has 0 aromatic carbocycles. The largest absolute Gasteiger partial charge is 0.329 e. The minimum Gasteiger partial charge on any atom is -0.329 e. The number of hydrogen-bond acceptors (Lipinski definition) is 6. The first-order valence-corrected chi connectivity index (χ1v) is 7.73. The van der Waals surface area contributed by atoms with Crippen molar-refractivity contribution >= 4 is 15.7 Å². The molecule has 1 aliphatic heterocycles. The van der Waals surface area contributed by atoms with Crippen LogP contribution in [0.3, 0.4) is 0 Å². The predicted molar refractivity (Wildman–Crippen MR) is 71.5 cm³/mol. The van der Waals surface area contributed by atoms with E-state index in [1.54, 1.807) is 0 Å². The van der Waals surface area contributed by atoms with E-state index in [1.807, 2.05) is 0 Å². The van der Waals surface area contributed by atoms with Crippen LogP contribution in [0, 0.1) is 10.1 Å². The van der Waals surface area contributed by atoms with Crippen molar-refractivity contribution in [3.8, 4) is 0 Å². The Labute approximate surface area is 116 Å². The predicted octanol–water partition coefficient (Wildman–Crippen LogP) is 0.492. The first-order valence-electron chi connectivity index (χ1n) is 6.29. The summed E-state index contributed by atoms with van der Waals surface area (Å²) in [5.74, 6) is 0. The van der Waals surface area contributed by atoms with Gasteiger partial charge in [-0.15, -0.1) is 0 Å². The Morgan fingerprint density at radius 3 is 2.75 bits per heavy atom. The van der Waals surface area contributed by atoms with Gasteiger partial charge < -0.3 is 5.73 Å². The zero-order valence-electron chi connectivity index (χ0n) is 10.8. The third-order valence-electron chi connectivity index (χ3n) is 3.35. The average molecular weight is 300 g/mol. The number of nitrogens with zero attached hydrogens (tertiary/aromatic N) is 3. The molecule has 0 amide bonds. The number of piperidine rings is 1. The van der Waals surface area contributed by atoms with Crippen molar-refractivity contribution in [3.63, 3.8) is 0 Å². The SMILES string of the molecule is NC[C@@H]1CCCCN1S(=O)(=O)c1ccc([N+](=O)[O-])cn1. The molecule has 0 bridgehead atoms. The molecule has 1 fully saturated rings. The number of rotatable bonds is 4. The van der Waals surface area contributed by atoms with Gasteiger partial charge in [0.15, 0.2) is 5.03 Å². The fraction of sp³-hybridized carbons (Fsp3) is 0.545. The van der Waals surface area contributed by atoms with Gasteiger partial charge in [0, 0.05) is 25.2 Å². The summed E-state index contributed by atoms with van der Waals surface area (Å²) >= 11 is 0. The summed E-state index contributed by atoms with van der Waals surface area (Å²) in [7, 11) is -3.75.